The van der Waals surface area contributed by atoms with Crippen molar-refractivity contribution in [3.05, 3.63) is 41.7 Å². The predicted molar refractivity (Wildman–Crippen MR) is 78.8 cm³/mol. The number of nitrogens with one attached hydrogen (secondary N) is 1. The molecule has 2 rings (SSSR count). The third-order valence-corrected chi connectivity index (χ3v) is 3.06. The predicted octanol–water partition coefficient (Wildman–Crippen LogP) is 2.10. The lowest BCUT2D eigenvalue weighted by Gasteiger charge is -2.19. The first-order chi connectivity index (χ1) is 9.90. The van der Waals surface area contributed by atoms with E-state index >= 15 is 0 Å². The van der Waals surface area contributed by atoms with Crippen LogP contribution in [0.25, 0.3) is 0 Å². The van der Waals surface area contributed by atoms with E-state index in [1.54, 1.807) is 43.0 Å². The molecule has 0 fully saturated rings. The van der Waals surface area contributed by atoms with Crippen LogP contribution in [0.5, 0.6) is 0 Å². The molecule has 1 aromatic heterocycles. The highest BCUT2D eigenvalue weighted by atomic mass is 16.4. The van der Waals surface area contributed by atoms with Crippen molar-refractivity contribution in [3.63, 3.8) is 0 Å². The molecule has 0 bridgehead atoms. The van der Waals surface area contributed by atoms with E-state index in [9.17, 15) is 9.59 Å². The number of nitrogens with zero attached hydrogens (tertiary/aromatic N) is 3. The highest BCUT2D eigenvalue weighted by Gasteiger charge is 2.18. The quantitative estimate of drug-likeness (QED) is 0.905. The molecule has 0 aliphatic heterocycles. The monoisotopic (exact) mass is 288 g/mol. The van der Waals surface area contributed by atoms with Crippen molar-refractivity contribution >= 4 is 23.4 Å². The maximum atomic E-state index is 12.2. The number of aromatic nitrogens is 2. The summed E-state index contributed by atoms with van der Waals surface area (Å²) in [4.78, 5) is 24.7. The van der Waals surface area contributed by atoms with Gasteiger partial charge in [-0.1, -0.05) is 12.1 Å². The largest absolute Gasteiger partial charge is 0.478 e. The van der Waals surface area contributed by atoms with Crippen LogP contribution in [-0.2, 0) is 7.05 Å². The molecular formula is C14H16N4O3. The smallest absolute Gasteiger partial charge is 0.337 e. The number of hydrogen-bond donors (Lipinski definition) is 2. The number of rotatable bonds is 3. The van der Waals surface area contributed by atoms with E-state index in [1.807, 2.05) is 0 Å². The number of aromatic carboxylic acids is 1. The number of hydrogen-bond acceptors (Lipinski definition) is 3. The maximum absolute atomic E-state index is 12.2. The number of carbonyl (C=O) groups is 2. The summed E-state index contributed by atoms with van der Waals surface area (Å²) in [5.41, 5.74) is 1.66. The molecule has 7 heteroatoms. The van der Waals surface area contributed by atoms with Crippen molar-refractivity contribution in [3.8, 4) is 0 Å². The number of urea groups is 1. The first kappa shape index (κ1) is 14.6. The van der Waals surface area contributed by atoms with Gasteiger partial charge in [0.1, 0.15) is 0 Å². The van der Waals surface area contributed by atoms with Crippen LogP contribution in [-0.4, -0.2) is 33.9 Å². The van der Waals surface area contributed by atoms with Crippen LogP contribution >= 0.6 is 0 Å². The third-order valence-electron chi connectivity index (χ3n) is 3.06. The van der Waals surface area contributed by atoms with Crippen molar-refractivity contribution < 1.29 is 14.7 Å². The summed E-state index contributed by atoms with van der Waals surface area (Å²) >= 11 is 0. The highest BCUT2D eigenvalue weighted by molar-refractivity contribution is 6.06. The molecule has 0 aliphatic rings. The Bertz CT molecular complexity index is 693. The number of aryl methyl sites for hydroxylation is 2. The third kappa shape index (κ3) is 3.02. The maximum Gasteiger partial charge on any atom is 0.337 e. The van der Waals surface area contributed by atoms with Gasteiger partial charge in [0.15, 0.2) is 0 Å². The van der Waals surface area contributed by atoms with E-state index in [1.165, 1.54) is 18.0 Å². The second-order valence-corrected chi connectivity index (χ2v) is 4.61. The topological polar surface area (TPSA) is 87.5 Å². The molecule has 0 atom stereocenters. The molecule has 0 radical (unpaired) electrons. The standard InChI is InChI=1S/C14H16N4O3/c1-9-11(8-17(2)16-9)15-14(21)18(3)12-7-5-4-6-10(12)13(19)20/h4-8H,1-3H3,(H,15,21)(H,19,20). The van der Waals surface area contributed by atoms with Gasteiger partial charge in [-0.05, 0) is 19.1 Å². The summed E-state index contributed by atoms with van der Waals surface area (Å²) in [5.74, 6) is -1.08. The van der Waals surface area contributed by atoms with Gasteiger partial charge >= 0.3 is 12.0 Å². The Kier molecular flexibility index (Phi) is 3.93. The van der Waals surface area contributed by atoms with E-state index in [-0.39, 0.29) is 5.56 Å². The van der Waals surface area contributed by atoms with Crippen LogP contribution < -0.4 is 10.2 Å². The molecule has 1 aromatic carbocycles. The molecule has 2 aromatic rings. The molecule has 110 valence electrons. The van der Waals surface area contributed by atoms with E-state index in [0.717, 1.165) is 0 Å². The molecule has 1 heterocycles. The zero-order valence-electron chi connectivity index (χ0n) is 12.0. The molecule has 2 N–H and O–H groups in total. The summed E-state index contributed by atoms with van der Waals surface area (Å²) < 4.78 is 1.59. The van der Waals surface area contributed by atoms with E-state index in [0.29, 0.717) is 17.1 Å². The average Bonchev–Trinajstić information content (AvgIpc) is 2.75. The highest BCUT2D eigenvalue weighted by Crippen LogP contribution is 2.20. The lowest BCUT2D eigenvalue weighted by atomic mass is 10.1. The van der Waals surface area contributed by atoms with Gasteiger partial charge in [0.25, 0.3) is 0 Å². The Hall–Kier alpha value is -2.83. The lowest BCUT2D eigenvalue weighted by molar-refractivity contribution is 0.0697. The molecule has 0 unspecified atom stereocenters. The molecule has 2 amide bonds. The SMILES string of the molecule is Cc1nn(C)cc1NC(=O)N(C)c1ccccc1C(=O)O. The van der Waals surface area contributed by atoms with Gasteiger partial charge in [-0.15, -0.1) is 0 Å². The minimum atomic E-state index is -1.08. The van der Waals surface area contributed by atoms with Gasteiger partial charge in [0.05, 0.1) is 22.6 Å². The number of carboxylic acid groups (broad SMARTS) is 1. The number of carbonyl (C=O) groups excluding carboxylic acids is 1. The summed E-state index contributed by atoms with van der Waals surface area (Å²) in [6.45, 7) is 1.78. The van der Waals surface area contributed by atoms with Crippen molar-refractivity contribution in [2.24, 2.45) is 7.05 Å². The lowest BCUT2D eigenvalue weighted by Crippen LogP contribution is -2.32. The minimum Gasteiger partial charge on any atom is -0.478 e. The summed E-state index contributed by atoms with van der Waals surface area (Å²) in [5, 5.41) is 16.0. The molecule has 7 nitrogen and oxygen atoms in total. The zero-order chi connectivity index (χ0) is 15.6. The number of carboxylic acids is 1. The molecular weight excluding hydrogens is 272 g/mol. The number of anilines is 2. The van der Waals surface area contributed by atoms with Crippen LogP contribution in [0.2, 0.25) is 0 Å². The van der Waals surface area contributed by atoms with Gasteiger partial charge in [0.2, 0.25) is 0 Å². The van der Waals surface area contributed by atoms with Crippen molar-refractivity contribution in [2.75, 3.05) is 17.3 Å². The van der Waals surface area contributed by atoms with E-state index < -0.39 is 12.0 Å². The summed E-state index contributed by atoms with van der Waals surface area (Å²) in [6.07, 6.45) is 1.68. The van der Waals surface area contributed by atoms with Gasteiger partial charge < -0.3 is 10.4 Å². The van der Waals surface area contributed by atoms with E-state index in [2.05, 4.69) is 10.4 Å². The van der Waals surface area contributed by atoms with Crippen molar-refractivity contribution in [1.82, 2.24) is 9.78 Å². The van der Waals surface area contributed by atoms with Crippen molar-refractivity contribution in [2.45, 2.75) is 6.92 Å². The van der Waals surface area contributed by atoms with Crippen LogP contribution in [0, 0.1) is 6.92 Å². The summed E-state index contributed by atoms with van der Waals surface area (Å²) in [7, 11) is 3.27. The summed E-state index contributed by atoms with van der Waals surface area (Å²) in [6, 6.07) is 5.90. The Morgan fingerprint density at radius 3 is 2.57 bits per heavy atom. The first-order valence-corrected chi connectivity index (χ1v) is 6.27. The van der Waals surface area contributed by atoms with Crippen molar-refractivity contribution in [1.29, 1.82) is 0 Å². The molecule has 21 heavy (non-hydrogen) atoms. The van der Waals surface area contributed by atoms with Crippen LogP contribution in [0.15, 0.2) is 30.5 Å². The Morgan fingerprint density at radius 1 is 1.33 bits per heavy atom. The second kappa shape index (κ2) is 5.66. The van der Waals surface area contributed by atoms with Crippen LogP contribution in [0.4, 0.5) is 16.2 Å². The Balaban J connectivity index is 2.24. The van der Waals surface area contributed by atoms with Gasteiger partial charge in [-0.3, -0.25) is 9.58 Å². The Morgan fingerprint density at radius 2 is 2.00 bits per heavy atom. The first-order valence-electron chi connectivity index (χ1n) is 6.27. The number of amides is 2. The average molecular weight is 288 g/mol. The molecule has 0 aliphatic carbocycles. The minimum absolute atomic E-state index is 0.0676. The van der Waals surface area contributed by atoms with Gasteiger partial charge in [-0.25, -0.2) is 9.59 Å². The van der Waals surface area contributed by atoms with Crippen LogP contribution in [0.3, 0.4) is 0 Å². The molecule has 0 saturated heterocycles. The van der Waals surface area contributed by atoms with E-state index in [4.69, 9.17) is 5.11 Å². The zero-order valence-corrected chi connectivity index (χ0v) is 12.0. The van der Waals surface area contributed by atoms with Gasteiger partial charge in [-0.2, -0.15) is 5.10 Å². The fourth-order valence-electron chi connectivity index (χ4n) is 1.98. The fourth-order valence-corrected chi connectivity index (χ4v) is 1.98. The fraction of sp³-hybridized carbons (Fsp3) is 0.214. The number of para-hydroxylation sites is 1. The van der Waals surface area contributed by atoms with Crippen LogP contribution in [0.1, 0.15) is 16.1 Å². The molecule has 0 saturated carbocycles. The molecule has 0 spiro atoms. The Labute approximate surface area is 121 Å². The normalized spacial score (nSPS) is 10.2. The number of benzene rings is 1. The van der Waals surface area contributed by atoms with Gasteiger partial charge in [0, 0.05) is 20.3 Å². The second-order valence-electron chi connectivity index (χ2n) is 4.61.